The highest BCUT2D eigenvalue weighted by Crippen LogP contribution is 2.37. The average Bonchev–Trinajstić information content (AvgIpc) is 2.90. The van der Waals surface area contributed by atoms with Gasteiger partial charge in [-0.05, 0) is 62.8 Å². The predicted molar refractivity (Wildman–Crippen MR) is 129 cm³/mol. The summed E-state index contributed by atoms with van der Waals surface area (Å²) in [5.74, 6) is -0.962. The molecule has 37 heavy (non-hydrogen) atoms. The van der Waals surface area contributed by atoms with E-state index in [-0.39, 0.29) is 23.4 Å². The first-order valence-corrected chi connectivity index (χ1v) is 11.8. The van der Waals surface area contributed by atoms with E-state index >= 15 is 0 Å². The number of anilines is 1. The molecule has 0 radical (unpaired) electrons. The van der Waals surface area contributed by atoms with Gasteiger partial charge in [-0.15, -0.1) is 0 Å². The number of alkyl halides is 3. The first kappa shape index (κ1) is 27.8. The van der Waals surface area contributed by atoms with Crippen LogP contribution in [0.15, 0.2) is 30.5 Å². The molecule has 1 unspecified atom stereocenters. The van der Waals surface area contributed by atoms with E-state index in [0.29, 0.717) is 49.1 Å². The van der Waals surface area contributed by atoms with E-state index in [1.807, 2.05) is 6.07 Å². The van der Waals surface area contributed by atoms with E-state index in [9.17, 15) is 28.0 Å². The van der Waals surface area contributed by atoms with Crippen LogP contribution in [-0.4, -0.2) is 37.6 Å². The highest BCUT2D eigenvalue weighted by Gasteiger charge is 2.36. The number of ether oxygens (including phenoxy) is 2. The van der Waals surface area contributed by atoms with Gasteiger partial charge in [-0.25, -0.2) is 4.98 Å². The molecule has 1 saturated carbocycles. The lowest BCUT2D eigenvalue weighted by Crippen LogP contribution is -2.33. The molecule has 1 aliphatic carbocycles. The highest BCUT2D eigenvalue weighted by atomic mass is 19.4. The molecule has 1 atom stereocenters. The van der Waals surface area contributed by atoms with Gasteiger partial charge in [-0.1, -0.05) is 0 Å². The zero-order chi connectivity index (χ0) is 27.2. The van der Waals surface area contributed by atoms with Crippen molar-refractivity contribution in [3.63, 3.8) is 0 Å². The van der Waals surface area contributed by atoms with Crippen LogP contribution in [0.25, 0.3) is 0 Å². The average molecular weight is 519 g/mol. The Kier molecular flexibility index (Phi) is 8.97. The minimum Gasteiger partial charge on any atom is -0.496 e. The van der Waals surface area contributed by atoms with Gasteiger partial charge in [0.1, 0.15) is 11.6 Å². The summed E-state index contributed by atoms with van der Waals surface area (Å²) >= 11 is 0. The Bertz CT molecular complexity index is 1170. The van der Waals surface area contributed by atoms with Crippen LogP contribution in [0, 0.1) is 23.2 Å². The van der Waals surface area contributed by atoms with Crippen LogP contribution in [0.1, 0.15) is 65.7 Å². The van der Waals surface area contributed by atoms with E-state index in [4.69, 9.17) is 9.47 Å². The molecule has 198 valence electrons. The molecule has 0 saturated heterocycles. The maximum atomic E-state index is 13.9. The summed E-state index contributed by atoms with van der Waals surface area (Å²) in [6.07, 6.45) is -0.958. The normalized spacial score (nSPS) is 18.3. The number of aromatic nitrogens is 1. The number of rotatable bonds is 8. The van der Waals surface area contributed by atoms with Gasteiger partial charge in [0.25, 0.3) is 5.91 Å². The van der Waals surface area contributed by atoms with Crippen molar-refractivity contribution >= 4 is 17.7 Å². The fraction of sp³-hybridized carbons (Fsp3) is 0.462. The maximum Gasteiger partial charge on any atom is 0.419 e. The second-order valence-corrected chi connectivity index (χ2v) is 9.00. The third kappa shape index (κ3) is 6.90. The Balaban J connectivity index is 1.72. The number of halogens is 3. The Morgan fingerprint density at radius 3 is 2.49 bits per heavy atom. The molecule has 8 nitrogen and oxygen atoms in total. The second-order valence-electron chi connectivity index (χ2n) is 9.00. The molecule has 1 aromatic heterocycles. The second kappa shape index (κ2) is 12.0. The number of carbonyl (C=O) groups excluding carboxylic acids is 2. The lowest BCUT2D eigenvalue weighted by molar-refractivity contribution is -0.146. The quantitative estimate of drug-likeness (QED) is 0.480. The van der Waals surface area contributed by atoms with E-state index in [1.54, 1.807) is 19.1 Å². The molecule has 1 heterocycles. The van der Waals surface area contributed by atoms with E-state index in [0.717, 1.165) is 12.3 Å². The van der Waals surface area contributed by atoms with Gasteiger partial charge in [0.2, 0.25) is 0 Å². The number of nitrogens with zero attached hydrogens (tertiary/aromatic N) is 2. The standard InChI is InChI=1S/C26H29F3N4O4/c1-15(20-10-17(12-30)6-9-22(20)36-2)33-23-21(26(27,28)29)11-19(14-31-23)24(34)32-13-16-4-7-18(8-5-16)25(35)37-3/h6,9-11,14-16,18H,4-5,7-8,13H2,1-3H3,(H,31,33)(H,32,34). The van der Waals surface area contributed by atoms with Crippen LogP contribution in [0.5, 0.6) is 5.75 Å². The number of pyridine rings is 1. The van der Waals surface area contributed by atoms with Crippen LogP contribution in [0.2, 0.25) is 0 Å². The SMILES string of the molecule is COC(=O)C1CCC(CNC(=O)c2cnc(NC(C)c3cc(C#N)ccc3OC)c(C(F)(F)F)c2)CC1. The summed E-state index contributed by atoms with van der Waals surface area (Å²) in [5.41, 5.74) is -0.474. The molecular weight excluding hydrogens is 489 g/mol. The molecule has 1 aromatic carbocycles. The molecule has 1 fully saturated rings. The Hall–Kier alpha value is -3.81. The van der Waals surface area contributed by atoms with Crippen molar-refractivity contribution in [2.75, 3.05) is 26.1 Å². The lowest BCUT2D eigenvalue weighted by atomic mass is 9.82. The van der Waals surface area contributed by atoms with Crippen molar-refractivity contribution in [3.8, 4) is 11.8 Å². The molecule has 2 N–H and O–H groups in total. The first-order valence-electron chi connectivity index (χ1n) is 11.8. The molecule has 0 bridgehead atoms. The van der Waals surface area contributed by atoms with Gasteiger partial charge in [0.15, 0.2) is 0 Å². The summed E-state index contributed by atoms with van der Waals surface area (Å²) in [5, 5.41) is 14.6. The van der Waals surface area contributed by atoms with Crippen molar-refractivity contribution in [1.82, 2.24) is 10.3 Å². The molecule has 2 aromatic rings. The number of hydrogen-bond donors (Lipinski definition) is 2. The molecule has 0 spiro atoms. The Labute approximate surface area is 213 Å². The number of esters is 1. The number of nitriles is 1. The minimum atomic E-state index is -4.77. The summed E-state index contributed by atoms with van der Waals surface area (Å²) in [4.78, 5) is 28.2. The fourth-order valence-corrected chi connectivity index (χ4v) is 4.45. The molecule has 0 aliphatic heterocycles. The monoisotopic (exact) mass is 518 g/mol. The zero-order valence-corrected chi connectivity index (χ0v) is 20.8. The molecule has 11 heteroatoms. The first-order chi connectivity index (χ1) is 17.6. The van der Waals surface area contributed by atoms with Gasteiger partial charge in [-0.2, -0.15) is 18.4 Å². The maximum absolute atomic E-state index is 13.9. The third-order valence-electron chi connectivity index (χ3n) is 6.57. The van der Waals surface area contributed by atoms with Gasteiger partial charge in [0.05, 0.1) is 48.9 Å². The van der Waals surface area contributed by atoms with E-state index < -0.39 is 29.5 Å². The van der Waals surface area contributed by atoms with Gasteiger partial charge in [0, 0.05) is 18.3 Å². The van der Waals surface area contributed by atoms with E-state index in [2.05, 4.69) is 15.6 Å². The number of nitrogens with one attached hydrogen (secondary N) is 2. The number of methoxy groups -OCH3 is 2. The predicted octanol–water partition coefficient (Wildman–Crippen LogP) is 4.86. The van der Waals surface area contributed by atoms with Gasteiger partial charge >= 0.3 is 12.1 Å². The third-order valence-corrected chi connectivity index (χ3v) is 6.57. The number of amides is 1. The van der Waals surface area contributed by atoms with Crippen LogP contribution < -0.4 is 15.4 Å². The van der Waals surface area contributed by atoms with Crippen LogP contribution in [0.3, 0.4) is 0 Å². The summed E-state index contributed by atoms with van der Waals surface area (Å²) in [6.45, 7) is 1.91. The number of hydrogen-bond acceptors (Lipinski definition) is 7. The van der Waals surface area contributed by atoms with Crippen molar-refractivity contribution in [3.05, 3.63) is 52.7 Å². The number of benzene rings is 1. The fourth-order valence-electron chi connectivity index (χ4n) is 4.45. The summed E-state index contributed by atoms with van der Waals surface area (Å²) in [7, 11) is 2.78. The van der Waals surface area contributed by atoms with Crippen molar-refractivity contribution in [2.45, 2.75) is 44.8 Å². The minimum absolute atomic E-state index is 0.126. The summed E-state index contributed by atoms with van der Waals surface area (Å²) in [6, 6.07) is 6.73. The van der Waals surface area contributed by atoms with Crippen LogP contribution in [-0.2, 0) is 15.7 Å². The largest absolute Gasteiger partial charge is 0.496 e. The Morgan fingerprint density at radius 1 is 1.19 bits per heavy atom. The molecular formula is C26H29F3N4O4. The van der Waals surface area contributed by atoms with Gasteiger partial charge < -0.3 is 20.1 Å². The van der Waals surface area contributed by atoms with E-state index in [1.165, 1.54) is 20.3 Å². The number of carbonyl (C=O) groups is 2. The topological polar surface area (TPSA) is 113 Å². The van der Waals surface area contributed by atoms with Gasteiger partial charge in [-0.3, -0.25) is 9.59 Å². The Morgan fingerprint density at radius 2 is 1.89 bits per heavy atom. The zero-order valence-electron chi connectivity index (χ0n) is 20.8. The van der Waals surface area contributed by atoms with Crippen LogP contribution >= 0.6 is 0 Å². The molecule has 1 amide bonds. The lowest BCUT2D eigenvalue weighted by Gasteiger charge is -2.27. The molecule has 3 rings (SSSR count). The molecule has 1 aliphatic rings. The smallest absolute Gasteiger partial charge is 0.419 e. The van der Waals surface area contributed by atoms with Crippen molar-refractivity contribution < 1.29 is 32.2 Å². The summed E-state index contributed by atoms with van der Waals surface area (Å²) < 4.78 is 51.8. The highest BCUT2D eigenvalue weighted by molar-refractivity contribution is 5.94. The van der Waals surface area contributed by atoms with Crippen molar-refractivity contribution in [2.24, 2.45) is 11.8 Å². The van der Waals surface area contributed by atoms with Crippen LogP contribution in [0.4, 0.5) is 19.0 Å². The van der Waals surface area contributed by atoms with Crippen molar-refractivity contribution in [1.29, 1.82) is 5.26 Å².